The Morgan fingerprint density at radius 2 is 1.87 bits per heavy atom. The average molecular weight is 756 g/mol. The molecule has 14 heteroatoms. The lowest BCUT2D eigenvalue weighted by Gasteiger charge is -2.40. The Morgan fingerprint density at radius 1 is 1.13 bits per heavy atom. The topological polar surface area (TPSA) is 167 Å². The summed E-state index contributed by atoms with van der Waals surface area (Å²) < 4.78 is 11.3. The van der Waals surface area contributed by atoms with Crippen molar-refractivity contribution in [3.05, 3.63) is 51.5 Å². The minimum Gasteiger partial charge on any atom is -0.481 e. The van der Waals surface area contributed by atoms with Crippen LogP contribution in [0.15, 0.2) is 29.6 Å². The molecule has 0 spiro atoms. The van der Waals surface area contributed by atoms with Gasteiger partial charge in [-0.3, -0.25) is 28.9 Å². The largest absolute Gasteiger partial charge is 0.481 e. The van der Waals surface area contributed by atoms with E-state index in [-0.39, 0.29) is 61.4 Å². The summed E-state index contributed by atoms with van der Waals surface area (Å²) in [5, 5.41) is 18.0. The summed E-state index contributed by atoms with van der Waals surface area (Å²) in [6.45, 7) is 10.6. The van der Waals surface area contributed by atoms with Crippen molar-refractivity contribution in [1.29, 1.82) is 0 Å². The van der Waals surface area contributed by atoms with E-state index in [9.17, 15) is 29.1 Å². The zero-order valence-electron chi connectivity index (χ0n) is 32.1. The van der Waals surface area contributed by atoms with Crippen LogP contribution in [-0.4, -0.2) is 108 Å². The van der Waals surface area contributed by atoms with Gasteiger partial charge >= 0.3 is 11.9 Å². The molecule has 0 radical (unpaired) electrons. The van der Waals surface area contributed by atoms with Gasteiger partial charge in [-0.25, -0.2) is 4.98 Å². The van der Waals surface area contributed by atoms with Crippen molar-refractivity contribution in [2.75, 3.05) is 33.9 Å². The normalized spacial score (nSPS) is 21.1. The molecule has 7 atom stereocenters. The molecule has 3 N–H and O–H groups in total. The summed E-state index contributed by atoms with van der Waals surface area (Å²) >= 11 is 1.18. The van der Waals surface area contributed by atoms with Crippen molar-refractivity contribution in [1.82, 2.24) is 25.4 Å². The van der Waals surface area contributed by atoms with Crippen LogP contribution in [-0.2, 0) is 35.1 Å². The van der Waals surface area contributed by atoms with E-state index in [1.807, 2.05) is 63.9 Å². The molecule has 1 aliphatic carbocycles. The fraction of sp³-hybridized carbons (Fsp3) is 0.641. The third-order valence-corrected chi connectivity index (χ3v) is 11.6. The number of carbonyl (C=O) groups excluding carboxylic acids is 4. The van der Waals surface area contributed by atoms with Gasteiger partial charge in [0.1, 0.15) is 16.7 Å². The molecule has 292 valence electrons. The van der Waals surface area contributed by atoms with Gasteiger partial charge < -0.3 is 30.1 Å². The molecule has 1 aromatic carbocycles. The molecule has 1 fully saturated rings. The molecule has 13 nitrogen and oxygen atoms in total. The van der Waals surface area contributed by atoms with Crippen LogP contribution < -0.4 is 10.6 Å². The number of thiazole rings is 1. The van der Waals surface area contributed by atoms with Gasteiger partial charge in [-0.05, 0) is 62.2 Å². The zero-order valence-corrected chi connectivity index (χ0v) is 32.9. The van der Waals surface area contributed by atoms with Crippen molar-refractivity contribution in [3.63, 3.8) is 0 Å². The Kier molecular flexibility index (Phi) is 15.4. The van der Waals surface area contributed by atoms with Crippen molar-refractivity contribution in [3.8, 4) is 0 Å². The van der Waals surface area contributed by atoms with Crippen molar-refractivity contribution in [2.45, 2.75) is 116 Å². The maximum atomic E-state index is 14.6. The number of hydrogen-bond acceptors (Lipinski definition) is 10. The van der Waals surface area contributed by atoms with E-state index in [0.29, 0.717) is 17.8 Å². The van der Waals surface area contributed by atoms with E-state index in [2.05, 4.69) is 15.6 Å². The molecule has 3 amide bonds. The van der Waals surface area contributed by atoms with E-state index < -0.39 is 48.0 Å². The van der Waals surface area contributed by atoms with Crippen LogP contribution in [0.3, 0.4) is 0 Å². The van der Waals surface area contributed by atoms with Crippen LogP contribution in [0.1, 0.15) is 112 Å². The number of aliphatic carboxylic acids is 1. The van der Waals surface area contributed by atoms with Crippen molar-refractivity contribution < 1.29 is 38.6 Å². The number of esters is 1. The maximum absolute atomic E-state index is 14.6. The number of nitrogens with one attached hydrogen (secondary N) is 2. The SMILES string of the molecule is CCC(C)C(NC(=O)C1CCCCN1C)C(=O)N(CCOC)[C@H](C[C@@H](OC(C)=O)c1nc(C(=O)N[C@H]2Cc3ccccc3[C@H](C(=O)O)C2)cs1)C(C)C. The summed E-state index contributed by atoms with van der Waals surface area (Å²) in [5.74, 6) is -3.27. The van der Waals surface area contributed by atoms with E-state index >= 15 is 0 Å². The first-order valence-corrected chi connectivity index (χ1v) is 19.7. The first-order chi connectivity index (χ1) is 25.2. The predicted molar refractivity (Wildman–Crippen MR) is 202 cm³/mol. The van der Waals surface area contributed by atoms with Crippen LogP contribution in [0.5, 0.6) is 0 Å². The van der Waals surface area contributed by atoms with Crippen LogP contribution in [0, 0.1) is 11.8 Å². The van der Waals surface area contributed by atoms with Crippen LogP contribution in [0.2, 0.25) is 0 Å². The zero-order chi connectivity index (χ0) is 38.8. The standard InChI is InChI=1S/C39H57N5O8S/c1-8-24(4)34(42-36(47)31-15-11-12-16-43(31)6)38(48)44(17-18-51-7)32(23(2)3)21-33(52-25(5)45)37-41-30(22-53-37)35(46)40-27-19-26-13-9-10-14-28(26)29(20-27)39(49)50/h9-10,13-14,22-24,27,29,31-34H,8,11-12,15-21H2,1-7H3,(H,40,46)(H,42,47)(H,49,50)/t24?,27-,29+,31?,32+,33+,34?/m0/s1. The van der Waals surface area contributed by atoms with Gasteiger partial charge in [0.05, 0.1) is 18.6 Å². The summed E-state index contributed by atoms with van der Waals surface area (Å²) in [6, 6.07) is 5.46. The summed E-state index contributed by atoms with van der Waals surface area (Å²) in [4.78, 5) is 74.6. The minimum absolute atomic E-state index is 0.0919. The number of methoxy groups -OCH3 is 1. The van der Waals surface area contributed by atoms with Gasteiger partial charge in [-0.1, -0.05) is 64.8 Å². The van der Waals surface area contributed by atoms with Crippen LogP contribution >= 0.6 is 11.3 Å². The highest BCUT2D eigenvalue weighted by molar-refractivity contribution is 7.09. The van der Waals surface area contributed by atoms with Gasteiger partial charge in [0.2, 0.25) is 11.8 Å². The number of nitrogens with zero attached hydrogens (tertiary/aromatic N) is 3. The first kappa shape index (κ1) is 41.9. The van der Waals surface area contributed by atoms with Gasteiger partial charge in [-0.2, -0.15) is 0 Å². The number of hydrogen-bond donors (Lipinski definition) is 3. The third-order valence-electron chi connectivity index (χ3n) is 10.7. The van der Waals surface area contributed by atoms with Crippen LogP contribution in [0.4, 0.5) is 0 Å². The lowest BCUT2D eigenvalue weighted by Crippen LogP contribution is -2.59. The highest BCUT2D eigenvalue weighted by Crippen LogP contribution is 2.34. The smallest absolute Gasteiger partial charge is 0.311 e. The first-order valence-electron chi connectivity index (χ1n) is 18.8. The number of benzene rings is 1. The fourth-order valence-electron chi connectivity index (χ4n) is 7.49. The van der Waals surface area contributed by atoms with Gasteiger partial charge in [0.25, 0.3) is 5.91 Å². The summed E-state index contributed by atoms with van der Waals surface area (Å²) in [5.41, 5.74) is 1.78. The second kappa shape index (κ2) is 19.4. The lowest BCUT2D eigenvalue weighted by molar-refractivity contribution is -0.150. The monoisotopic (exact) mass is 755 g/mol. The van der Waals surface area contributed by atoms with Gasteiger partial charge in [0, 0.05) is 44.5 Å². The number of carbonyl (C=O) groups is 5. The predicted octanol–water partition coefficient (Wildman–Crippen LogP) is 4.57. The molecule has 53 heavy (non-hydrogen) atoms. The number of likely N-dealkylation sites (N-methyl/N-ethyl adjacent to an activating group) is 1. The van der Waals surface area contributed by atoms with Crippen LogP contribution in [0.25, 0.3) is 0 Å². The Morgan fingerprint density at radius 3 is 2.51 bits per heavy atom. The molecule has 1 saturated heterocycles. The molecule has 2 aromatic rings. The van der Waals surface area contributed by atoms with Crippen molar-refractivity contribution >= 4 is 41.0 Å². The Hall–Kier alpha value is -3.88. The maximum Gasteiger partial charge on any atom is 0.311 e. The number of likely N-dealkylation sites (tertiary alicyclic amines) is 1. The number of rotatable bonds is 17. The number of piperidine rings is 1. The number of fused-ring (bicyclic) bond motifs is 1. The van der Waals surface area contributed by atoms with Gasteiger partial charge in [0.15, 0.2) is 6.10 Å². The molecule has 0 saturated carbocycles. The Bertz CT molecular complexity index is 1580. The summed E-state index contributed by atoms with van der Waals surface area (Å²) in [6.07, 6.45) is 3.48. The molecular weight excluding hydrogens is 699 g/mol. The molecule has 1 aromatic heterocycles. The minimum atomic E-state index is -0.941. The number of carboxylic acids is 1. The Balaban J connectivity index is 1.56. The highest BCUT2D eigenvalue weighted by atomic mass is 32.1. The highest BCUT2D eigenvalue weighted by Gasteiger charge is 2.39. The van der Waals surface area contributed by atoms with E-state index in [0.717, 1.165) is 36.9 Å². The molecular formula is C39H57N5O8S. The molecule has 4 rings (SSSR count). The molecule has 3 unspecified atom stereocenters. The van der Waals surface area contributed by atoms with E-state index in [1.54, 1.807) is 17.4 Å². The second-order valence-electron chi connectivity index (χ2n) is 14.8. The Labute approximate surface area is 317 Å². The molecule has 1 aliphatic heterocycles. The number of aromatic nitrogens is 1. The lowest BCUT2D eigenvalue weighted by atomic mass is 9.80. The third kappa shape index (κ3) is 10.9. The number of amides is 3. The number of ether oxygens (including phenoxy) is 2. The van der Waals surface area contributed by atoms with E-state index in [1.165, 1.54) is 18.3 Å². The van der Waals surface area contributed by atoms with E-state index in [4.69, 9.17) is 9.47 Å². The second-order valence-corrected chi connectivity index (χ2v) is 15.7. The molecule has 0 bridgehead atoms. The average Bonchev–Trinajstić information content (AvgIpc) is 3.63. The fourth-order valence-corrected chi connectivity index (χ4v) is 8.33. The quantitative estimate of drug-likeness (QED) is 0.195. The molecule has 2 heterocycles. The van der Waals surface area contributed by atoms with Crippen molar-refractivity contribution in [2.24, 2.45) is 11.8 Å². The summed E-state index contributed by atoms with van der Waals surface area (Å²) in [7, 11) is 3.51. The van der Waals surface area contributed by atoms with Gasteiger partial charge in [-0.15, -0.1) is 11.3 Å². The number of carboxylic acid groups (broad SMARTS) is 1. The molecule has 2 aliphatic rings.